The molecule has 3 aromatic rings. The minimum Gasteiger partial charge on any atom is -0.340 e. The van der Waals surface area contributed by atoms with Gasteiger partial charge in [-0.1, -0.05) is 24.3 Å². The molecule has 0 aliphatic heterocycles. The first kappa shape index (κ1) is 27.2. The summed E-state index contributed by atoms with van der Waals surface area (Å²) < 4.78 is 40.3. The van der Waals surface area contributed by atoms with Gasteiger partial charge in [0.05, 0.1) is 12.6 Å². The summed E-state index contributed by atoms with van der Waals surface area (Å²) in [5, 5.41) is 2.64. The standard InChI is InChI=1S/C25H27FN4O4S2/c1-35-13-10-23(25(32)29-36(2,33)34)28-24(31)20-5-3-4-18(14-20)15-21(16-30-12-11-27-17-30)19-6-8-22(26)9-7-19/h3-9,11-12,14-15,17,23H,10,13,16H2,1-2H3,(H,28,31)(H,29,32)/t23-/m0/s1. The zero-order valence-electron chi connectivity index (χ0n) is 19.8. The Morgan fingerprint density at radius 1 is 1.17 bits per heavy atom. The van der Waals surface area contributed by atoms with Gasteiger partial charge in [0, 0.05) is 24.5 Å². The minimum atomic E-state index is -3.76. The third kappa shape index (κ3) is 8.35. The van der Waals surface area contributed by atoms with E-state index in [-0.39, 0.29) is 12.2 Å². The second-order valence-electron chi connectivity index (χ2n) is 8.08. The molecule has 2 N–H and O–H groups in total. The lowest BCUT2D eigenvalue weighted by Gasteiger charge is -2.17. The number of nitrogens with one attached hydrogen (secondary N) is 2. The van der Waals surface area contributed by atoms with Gasteiger partial charge in [-0.2, -0.15) is 11.8 Å². The van der Waals surface area contributed by atoms with Crippen molar-refractivity contribution in [3.05, 3.63) is 89.8 Å². The lowest BCUT2D eigenvalue weighted by molar-refractivity contribution is -0.121. The Balaban J connectivity index is 1.86. The van der Waals surface area contributed by atoms with E-state index in [1.807, 2.05) is 33.9 Å². The van der Waals surface area contributed by atoms with Crippen molar-refractivity contribution < 1.29 is 22.4 Å². The number of aromatic nitrogens is 2. The molecule has 0 saturated heterocycles. The Morgan fingerprint density at radius 2 is 1.92 bits per heavy atom. The van der Waals surface area contributed by atoms with Crippen LogP contribution in [-0.4, -0.2) is 54.1 Å². The van der Waals surface area contributed by atoms with Crippen molar-refractivity contribution in [1.82, 2.24) is 19.6 Å². The van der Waals surface area contributed by atoms with Crippen molar-refractivity contribution in [2.45, 2.75) is 19.0 Å². The predicted octanol–water partition coefficient (Wildman–Crippen LogP) is 3.19. The van der Waals surface area contributed by atoms with Gasteiger partial charge in [0.15, 0.2) is 0 Å². The van der Waals surface area contributed by atoms with E-state index in [2.05, 4.69) is 10.3 Å². The Kier molecular flexibility index (Phi) is 9.43. The fourth-order valence-electron chi connectivity index (χ4n) is 3.43. The maximum atomic E-state index is 13.5. The molecule has 1 heterocycles. The van der Waals surface area contributed by atoms with Crippen LogP contribution >= 0.6 is 11.8 Å². The van der Waals surface area contributed by atoms with Gasteiger partial charge in [0.2, 0.25) is 10.0 Å². The first-order valence-electron chi connectivity index (χ1n) is 11.0. The van der Waals surface area contributed by atoms with Crippen LogP contribution in [0.4, 0.5) is 4.39 Å². The highest BCUT2D eigenvalue weighted by atomic mass is 32.2. The Labute approximate surface area is 214 Å². The Bertz CT molecular complexity index is 1320. The molecule has 0 aliphatic carbocycles. The Morgan fingerprint density at radius 3 is 2.56 bits per heavy atom. The summed E-state index contributed by atoms with van der Waals surface area (Å²) in [6.45, 7) is 0.477. The molecule has 0 spiro atoms. The fraction of sp³-hybridized carbons (Fsp3) is 0.240. The molecule has 190 valence electrons. The molecule has 36 heavy (non-hydrogen) atoms. The van der Waals surface area contributed by atoms with E-state index in [1.165, 1.54) is 23.9 Å². The predicted molar refractivity (Wildman–Crippen MR) is 140 cm³/mol. The molecule has 0 radical (unpaired) electrons. The van der Waals surface area contributed by atoms with Gasteiger partial charge in [-0.3, -0.25) is 14.3 Å². The molecular weight excluding hydrogens is 503 g/mol. The second kappa shape index (κ2) is 12.5. The average Bonchev–Trinajstić information content (AvgIpc) is 3.34. The molecule has 1 aromatic heterocycles. The van der Waals surface area contributed by atoms with Crippen molar-refractivity contribution in [1.29, 1.82) is 0 Å². The minimum absolute atomic E-state index is 0.271. The summed E-state index contributed by atoms with van der Waals surface area (Å²) in [5.41, 5.74) is 2.72. The molecule has 8 nitrogen and oxygen atoms in total. The highest BCUT2D eigenvalue weighted by Crippen LogP contribution is 2.22. The highest BCUT2D eigenvalue weighted by molar-refractivity contribution is 7.98. The lowest BCUT2D eigenvalue weighted by Crippen LogP contribution is -2.48. The average molecular weight is 531 g/mol. The quantitative estimate of drug-likeness (QED) is 0.369. The first-order valence-corrected chi connectivity index (χ1v) is 14.3. The number of halogens is 1. The SMILES string of the molecule is CSCC[C@H](NC(=O)c1cccc(C=C(Cn2ccnc2)c2ccc(F)cc2)c1)C(=O)NS(C)(=O)=O. The first-order chi connectivity index (χ1) is 17.1. The largest absolute Gasteiger partial charge is 0.340 e. The van der Waals surface area contributed by atoms with E-state index in [4.69, 9.17) is 0 Å². The number of allylic oxidation sites excluding steroid dienone is 1. The molecule has 3 rings (SSSR count). The second-order valence-corrected chi connectivity index (χ2v) is 10.8. The third-order valence-electron chi connectivity index (χ3n) is 5.14. The van der Waals surface area contributed by atoms with Gasteiger partial charge in [0.25, 0.3) is 11.8 Å². The number of thioether (sulfide) groups is 1. The van der Waals surface area contributed by atoms with Crippen LogP contribution in [0.2, 0.25) is 0 Å². The molecule has 11 heteroatoms. The van der Waals surface area contributed by atoms with Crippen LogP contribution in [-0.2, 0) is 21.4 Å². The molecule has 1 atom stereocenters. The fourth-order valence-corrected chi connectivity index (χ4v) is 4.41. The Hall–Kier alpha value is -3.44. The van der Waals surface area contributed by atoms with E-state index in [1.54, 1.807) is 42.9 Å². The zero-order valence-corrected chi connectivity index (χ0v) is 21.5. The van der Waals surface area contributed by atoms with Gasteiger partial charge in [-0.05, 0) is 65.5 Å². The number of carbonyl (C=O) groups is 2. The summed E-state index contributed by atoms with van der Waals surface area (Å²) in [4.78, 5) is 29.4. The van der Waals surface area contributed by atoms with Crippen molar-refractivity contribution >= 4 is 45.2 Å². The smallest absolute Gasteiger partial charge is 0.256 e. The maximum absolute atomic E-state index is 13.5. The number of carbonyl (C=O) groups excluding carboxylic acids is 2. The summed E-state index contributed by atoms with van der Waals surface area (Å²) in [6.07, 6.45) is 10.1. The van der Waals surface area contributed by atoms with Crippen LogP contribution in [0, 0.1) is 5.82 Å². The number of imidazole rings is 1. The molecule has 2 aromatic carbocycles. The summed E-state index contributed by atoms with van der Waals surface area (Å²) in [6, 6.07) is 12.0. The third-order valence-corrected chi connectivity index (χ3v) is 6.35. The number of hydrogen-bond donors (Lipinski definition) is 2. The summed E-state index contributed by atoms with van der Waals surface area (Å²) in [7, 11) is -3.76. The number of rotatable bonds is 11. The molecule has 0 bridgehead atoms. The van der Waals surface area contributed by atoms with Crippen molar-refractivity contribution in [2.75, 3.05) is 18.3 Å². The van der Waals surface area contributed by atoms with E-state index in [9.17, 15) is 22.4 Å². The number of hydrogen-bond acceptors (Lipinski definition) is 6. The van der Waals surface area contributed by atoms with Crippen LogP contribution in [0.1, 0.15) is 27.9 Å². The summed E-state index contributed by atoms with van der Waals surface area (Å²) >= 11 is 1.48. The molecule has 0 aliphatic rings. The highest BCUT2D eigenvalue weighted by Gasteiger charge is 2.23. The molecule has 0 unspecified atom stereocenters. The molecular formula is C25H27FN4O4S2. The van der Waals surface area contributed by atoms with Gasteiger partial charge in [0.1, 0.15) is 11.9 Å². The molecule has 0 saturated carbocycles. The van der Waals surface area contributed by atoms with Crippen LogP contribution in [0.15, 0.2) is 67.3 Å². The number of nitrogens with zero attached hydrogens (tertiary/aromatic N) is 2. The lowest BCUT2D eigenvalue weighted by atomic mass is 10.0. The van der Waals surface area contributed by atoms with Gasteiger partial charge in [-0.25, -0.2) is 17.8 Å². The van der Waals surface area contributed by atoms with E-state index in [0.29, 0.717) is 17.9 Å². The zero-order chi connectivity index (χ0) is 26.1. The molecule has 0 fully saturated rings. The normalized spacial score (nSPS) is 12.7. The van der Waals surface area contributed by atoms with Crippen molar-refractivity contribution in [2.24, 2.45) is 0 Å². The maximum Gasteiger partial charge on any atom is 0.256 e. The van der Waals surface area contributed by atoms with Gasteiger partial charge < -0.3 is 9.88 Å². The van der Waals surface area contributed by atoms with E-state index in [0.717, 1.165) is 23.0 Å². The van der Waals surface area contributed by atoms with Crippen LogP contribution in [0.3, 0.4) is 0 Å². The monoisotopic (exact) mass is 530 g/mol. The number of sulfonamides is 1. The van der Waals surface area contributed by atoms with Crippen molar-refractivity contribution in [3.63, 3.8) is 0 Å². The van der Waals surface area contributed by atoms with E-state index >= 15 is 0 Å². The van der Waals surface area contributed by atoms with E-state index < -0.39 is 27.9 Å². The summed E-state index contributed by atoms with van der Waals surface area (Å²) in [5.74, 6) is -1.07. The van der Waals surface area contributed by atoms with Crippen LogP contribution < -0.4 is 10.0 Å². The van der Waals surface area contributed by atoms with Crippen LogP contribution in [0.5, 0.6) is 0 Å². The van der Waals surface area contributed by atoms with Crippen molar-refractivity contribution in [3.8, 4) is 0 Å². The van der Waals surface area contributed by atoms with Gasteiger partial charge >= 0.3 is 0 Å². The number of benzene rings is 2. The van der Waals surface area contributed by atoms with Gasteiger partial charge in [-0.15, -0.1) is 0 Å². The van der Waals surface area contributed by atoms with Crippen LogP contribution in [0.25, 0.3) is 11.6 Å². The topological polar surface area (TPSA) is 110 Å². The molecule has 2 amide bonds. The number of amides is 2.